The average molecular weight is 324 g/mol. The van der Waals surface area contributed by atoms with Gasteiger partial charge in [-0.25, -0.2) is 13.1 Å². The Labute approximate surface area is 109 Å². The van der Waals surface area contributed by atoms with Crippen LogP contribution in [0.2, 0.25) is 0 Å². The molecule has 0 amide bonds. The fraction of sp³-hybridized carbons (Fsp3) is 0.400. The van der Waals surface area contributed by atoms with Crippen LogP contribution in [0, 0.1) is 0 Å². The summed E-state index contributed by atoms with van der Waals surface area (Å²) in [6.07, 6.45) is -0.747. The first-order chi connectivity index (χ1) is 7.86. The summed E-state index contributed by atoms with van der Waals surface area (Å²) >= 11 is 3.20. The lowest BCUT2D eigenvalue weighted by molar-refractivity contribution is 0.198. The molecule has 1 aromatic rings. The molecular formula is C10H14BrNO4S. The first kappa shape index (κ1) is 14.4. The number of sulfonamides is 1. The summed E-state index contributed by atoms with van der Waals surface area (Å²) < 4.78 is 31.8. The van der Waals surface area contributed by atoms with Crippen molar-refractivity contribution < 1.29 is 18.3 Å². The van der Waals surface area contributed by atoms with Gasteiger partial charge in [0.15, 0.2) is 0 Å². The maximum atomic E-state index is 11.9. The highest BCUT2D eigenvalue weighted by atomic mass is 79.9. The van der Waals surface area contributed by atoms with Crippen LogP contribution in [0.25, 0.3) is 0 Å². The molecule has 0 saturated carbocycles. The lowest BCUT2D eigenvalue weighted by Crippen LogP contribution is -2.30. The lowest BCUT2D eigenvalue weighted by Gasteiger charge is -2.11. The molecule has 0 bridgehead atoms. The number of hydrogen-bond donors (Lipinski definition) is 2. The molecule has 0 aliphatic heterocycles. The van der Waals surface area contributed by atoms with Gasteiger partial charge in [-0.2, -0.15) is 0 Å². The van der Waals surface area contributed by atoms with E-state index < -0.39 is 16.1 Å². The largest absolute Gasteiger partial charge is 0.495 e. The van der Waals surface area contributed by atoms with Crippen LogP contribution >= 0.6 is 15.9 Å². The third kappa shape index (κ3) is 3.95. The van der Waals surface area contributed by atoms with E-state index >= 15 is 0 Å². The predicted molar refractivity (Wildman–Crippen MR) is 67.6 cm³/mol. The number of benzene rings is 1. The number of ether oxygens (including phenoxy) is 1. The van der Waals surface area contributed by atoms with Gasteiger partial charge in [0.2, 0.25) is 10.0 Å². The second-order valence-electron chi connectivity index (χ2n) is 3.50. The topological polar surface area (TPSA) is 75.6 Å². The van der Waals surface area contributed by atoms with Crippen molar-refractivity contribution in [2.45, 2.75) is 17.9 Å². The highest BCUT2D eigenvalue weighted by Gasteiger charge is 2.19. The van der Waals surface area contributed by atoms with Crippen molar-refractivity contribution in [3.05, 3.63) is 22.7 Å². The van der Waals surface area contributed by atoms with E-state index in [4.69, 9.17) is 9.84 Å². The van der Waals surface area contributed by atoms with Gasteiger partial charge in [0.1, 0.15) is 10.6 Å². The van der Waals surface area contributed by atoms with Gasteiger partial charge in [0.25, 0.3) is 0 Å². The average Bonchev–Trinajstić information content (AvgIpc) is 2.26. The number of hydrogen-bond acceptors (Lipinski definition) is 4. The molecule has 0 aliphatic rings. The van der Waals surface area contributed by atoms with Crippen molar-refractivity contribution in [1.82, 2.24) is 4.72 Å². The van der Waals surface area contributed by atoms with E-state index in [1.165, 1.54) is 20.1 Å². The third-order valence-electron chi connectivity index (χ3n) is 1.98. The van der Waals surface area contributed by atoms with E-state index in [0.717, 1.165) is 0 Å². The Morgan fingerprint density at radius 1 is 1.53 bits per heavy atom. The minimum absolute atomic E-state index is 0.0371. The maximum absolute atomic E-state index is 11.9. The summed E-state index contributed by atoms with van der Waals surface area (Å²) in [6, 6.07) is 4.69. The Morgan fingerprint density at radius 3 is 2.71 bits per heavy atom. The minimum atomic E-state index is -3.69. The van der Waals surface area contributed by atoms with Crippen molar-refractivity contribution in [3.63, 3.8) is 0 Å². The number of aliphatic hydroxyl groups excluding tert-OH is 1. The monoisotopic (exact) mass is 323 g/mol. The maximum Gasteiger partial charge on any atom is 0.244 e. The molecule has 96 valence electrons. The molecule has 0 fully saturated rings. The number of rotatable bonds is 5. The van der Waals surface area contributed by atoms with Crippen molar-refractivity contribution in [3.8, 4) is 5.75 Å². The first-order valence-corrected chi connectivity index (χ1v) is 7.15. The Morgan fingerprint density at radius 2 is 2.18 bits per heavy atom. The van der Waals surface area contributed by atoms with Gasteiger partial charge in [-0.3, -0.25) is 0 Å². The number of methoxy groups -OCH3 is 1. The van der Waals surface area contributed by atoms with Crippen molar-refractivity contribution in [2.75, 3.05) is 13.7 Å². The zero-order chi connectivity index (χ0) is 13.1. The quantitative estimate of drug-likeness (QED) is 0.851. The Balaban J connectivity index is 3.09. The normalized spacial score (nSPS) is 13.4. The third-order valence-corrected chi connectivity index (χ3v) is 3.92. The van der Waals surface area contributed by atoms with Crippen LogP contribution in [0.4, 0.5) is 0 Å². The molecule has 0 aliphatic carbocycles. The molecule has 1 aromatic carbocycles. The van der Waals surface area contributed by atoms with Crippen LogP contribution < -0.4 is 9.46 Å². The molecule has 0 unspecified atom stereocenters. The fourth-order valence-corrected chi connectivity index (χ4v) is 3.00. The van der Waals surface area contributed by atoms with Gasteiger partial charge in [-0.1, -0.05) is 15.9 Å². The zero-order valence-corrected chi connectivity index (χ0v) is 11.9. The summed E-state index contributed by atoms with van der Waals surface area (Å²) in [6.45, 7) is 1.46. The molecule has 1 rings (SSSR count). The molecule has 17 heavy (non-hydrogen) atoms. The van der Waals surface area contributed by atoms with E-state index in [9.17, 15) is 8.42 Å². The first-order valence-electron chi connectivity index (χ1n) is 4.88. The van der Waals surface area contributed by atoms with Gasteiger partial charge < -0.3 is 9.84 Å². The minimum Gasteiger partial charge on any atom is -0.495 e. The standard InChI is InChI=1S/C10H14BrNO4S/c1-7(13)6-12-17(14,15)10-5-8(11)3-4-9(10)16-2/h3-5,7,12-13H,6H2,1-2H3/t7-/m1/s1. The van der Waals surface area contributed by atoms with Gasteiger partial charge in [0.05, 0.1) is 13.2 Å². The highest BCUT2D eigenvalue weighted by Crippen LogP contribution is 2.26. The number of halogens is 1. The Hall–Kier alpha value is -0.630. The van der Waals surface area contributed by atoms with Crippen LogP contribution in [0.5, 0.6) is 5.75 Å². The highest BCUT2D eigenvalue weighted by molar-refractivity contribution is 9.10. The summed E-state index contributed by atoms with van der Waals surface area (Å²) in [4.78, 5) is 0.0371. The van der Waals surface area contributed by atoms with Crippen LogP contribution in [0.15, 0.2) is 27.6 Å². The summed E-state index contributed by atoms with van der Waals surface area (Å²) in [5.41, 5.74) is 0. The van der Waals surface area contributed by atoms with E-state index in [-0.39, 0.29) is 17.2 Å². The molecule has 0 spiro atoms. The second kappa shape index (κ2) is 5.81. The van der Waals surface area contributed by atoms with E-state index in [2.05, 4.69) is 20.7 Å². The van der Waals surface area contributed by atoms with Crippen molar-refractivity contribution >= 4 is 26.0 Å². The number of aliphatic hydroxyl groups is 1. The van der Waals surface area contributed by atoms with Gasteiger partial charge >= 0.3 is 0 Å². The molecule has 2 N–H and O–H groups in total. The fourth-order valence-electron chi connectivity index (χ4n) is 1.17. The summed E-state index contributed by atoms with van der Waals surface area (Å²) in [5, 5.41) is 9.08. The summed E-state index contributed by atoms with van der Waals surface area (Å²) in [7, 11) is -2.29. The Kier molecular flexibility index (Phi) is 4.93. The van der Waals surface area contributed by atoms with Gasteiger partial charge in [-0.05, 0) is 25.1 Å². The van der Waals surface area contributed by atoms with Crippen molar-refractivity contribution in [1.29, 1.82) is 0 Å². The van der Waals surface area contributed by atoms with Crippen LogP contribution in [0.3, 0.4) is 0 Å². The Bertz CT molecular complexity index is 487. The number of nitrogens with one attached hydrogen (secondary N) is 1. The van der Waals surface area contributed by atoms with Crippen molar-refractivity contribution in [2.24, 2.45) is 0 Å². The molecule has 0 heterocycles. The molecule has 0 aromatic heterocycles. The second-order valence-corrected chi connectivity index (χ2v) is 6.15. The summed E-state index contributed by atoms with van der Waals surface area (Å²) in [5.74, 6) is 0.256. The molecule has 0 radical (unpaired) electrons. The van der Waals surface area contributed by atoms with Gasteiger partial charge in [0, 0.05) is 11.0 Å². The SMILES string of the molecule is COc1ccc(Br)cc1S(=O)(=O)NC[C@@H](C)O. The molecule has 0 saturated heterocycles. The van der Waals surface area contributed by atoms with Crippen LogP contribution in [-0.4, -0.2) is 33.3 Å². The predicted octanol–water partition coefficient (Wildman–Crippen LogP) is 1.12. The molecule has 7 heteroatoms. The smallest absolute Gasteiger partial charge is 0.244 e. The van der Waals surface area contributed by atoms with E-state index in [0.29, 0.717) is 4.47 Å². The molecule has 1 atom stereocenters. The van der Waals surface area contributed by atoms with E-state index in [1.807, 2.05) is 0 Å². The van der Waals surface area contributed by atoms with Crippen LogP contribution in [0.1, 0.15) is 6.92 Å². The van der Waals surface area contributed by atoms with Crippen LogP contribution in [-0.2, 0) is 10.0 Å². The van der Waals surface area contributed by atoms with Gasteiger partial charge in [-0.15, -0.1) is 0 Å². The molecule has 5 nitrogen and oxygen atoms in total. The zero-order valence-electron chi connectivity index (χ0n) is 9.47. The molecular weight excluding hydrogens is 310 g/mol. The lowest BCUT2D eigenvalue weighted by atomic mass is 10.3. The van der Waals surface area contributed by atoms with E-state index in [1.54, 1.807) is 12.1 Å².